The molecule has 0 atom stereocenters. The van der Waals surface area contributed by atoms with Gasteiger partial charge in [-0.1, -0.05) is 6.07 Å². The molecule has 0 saturated carbocycles. The van der Waals surface area contributed by atoms with E-state index in [1.54, 1.807) is 21.3 Å². The zero-order valence-corrected chi connectivity index (χ0v) is 12.9. The topological polar surface area (TPSA) is 82.8 Å². The van der Waals surface area contributed by atoms with Gasteiger partial charge in [0.1, 0.15) is 0 Å². The zero-order chi connectivity index (χ0) is 15.7. The van der Waals surface area contributed by atoms with E-state index in [1.807, 2.05) is 12.1 Å². The summed E-state index contributed by atoms with van der Waals surface area (Å²) < 4.78 is 16.0. The van der Waals surface area contributed by atoms with E-state index in [4.69, 9.17) is 19.9 Å². The van der Waals surface area contributed by atoms with E-state index in [0.717, 1.165) is 5.56 Å². The molecule has 1 aromatic rings. The normalized spacial score (nSPS) is 10.1. The fraction of sp³-hybridized carbons (Fsp3) is 0.533. The first-order valence-electron chi connectivity index (χ1n) is 6.92. The third-order valence-electron chi connectivity index (χ3n) is 3.11. The van der Waals surface area contributed by atoms with Crippen LogP contribution < -0.4 is 25.3 Å². The SMILES string of the molecule is COc1ccc(CCNC(=O)CCCN)c(OC)c1OC. The number of hydrogen-bond acceptors (Lipinski definition) is 5. The van der Waals surface area contributed by atoms with Crippen LogP contribution in [-0.4, -0.2) is 40.3 Å². The maximum Gasteiger partial charge on any atom is 0.220 e. The van der Waals surface area contributed by atoms with Crippen LogP contribution in [0.4, 0.5) is 0 Å². The number of rotatable bonds is 9. The molecule has 21 heavy (non-hydrogen) atoms. The highest BCUT2D eigenvalue weighted by Crippen LogP contribution is 2.39. The highest BCUT2D eigenvalue weighted by Gasteiger charge is 2.15. The number of benzene rings is 1. The van der Waals surface area contributed by atoms with Crippen molar-refractivity contribution < 1.29 is 19.0 Å². The highest BCUT2D eigenvalue weighted by atomic mass is 16.5. The largest absolute Gasteiger partial charge is 0.493 e. The Kier molecular flexibility index (Phi) is 7.39. The molecule has 1 amide bonds. The first-order chi connectivity index (χ1) is 10.2. The molecule has 3 N–H and O–H groups in total. The van der Waals surface area contributed by atoms with Crippen molar-refractivity contribution in [1.29, 1.82) is 0 Å². The number of methoxy groups -OCH3 is 3. The van der Waals surface area contributed by atoms with Crippen molar-refractivity contribution in [3.8, 4) is 17.2 Å². The molecule has 0 aliphatic carbocycles. The molecule has 118 valence electrons. The maximum absolute atomic E-state index is 11.5. The molecule has 0 aliphatic heterocycles. The fourth-order valence-electron chi connectivity index (χ4n) is 2.05. The number of carbonyl (C=O) groups is 1. The summed E-state index contributed by atoms with van der Waals surface area (Å²) in [4.78, 5) is 11.5. The molecule has 0 saturated heterocycles. The number of carbonyl (C=O) groups excluding carboxylic acids is 1. The van der Waals surface area contributed by atoms with E-state index in [2.05, 4.69) is 5.32 Å². The van der Waals surface area contributed by atoms with Crippen LogP contribution in [0.25, 0.3) is 0 Å². The summed E-state index contributed by atoms with van der Waals surface area (Å²) in [7, 11) is 4.73. The van der Waals surface area contributed by atoms with Crippen LogP contribution in [0.1, 0.15) is 18.4 Å². The van der Waals surface area contributed by atoms with E-state index in [-0.39, 0.29) is 5.91 Å². The quantitative estimate of drug-likeness (QED) is 0.713. The number of nitrogens with one attached hydrogen (secondary N) is 1. The monoisotopic (exact) mass is 296 g/mol. The average Bonchev–Trinajstić information content (AvgIpc) is 2.51. The molecule has 0 aromatic heterocycles. The van der Waals surface area contributed by atoms with Crippen molar-refractivity contribution in [3.05, 3.63) is 17.7 Å². The Bertz CT molecular complexity index is 463. The number of hydrogen-bond donors (Lipinski definition) is 2. The second-order valence-electron chi connectivity index (χ2n) is 4.49. The Labute approximate surface area is 125 Å². The van der Waals surface area contributed by atoms with Gasteiger partial charge in [0, 0.05) is 18.5 Å². The van der Waals surface area contributed by atoms with Crippen molar-refractivity contribution in [2.75, 3.05) is 34.4 Å². The summed E-state index contributed by atoms with van der Waals surface area (Å²) in [6.45, 7) is 1.06. The van der Waals surface area contributed by atoms with Crippen LogP contribution in [0, 0.1) is 0 Å². The lowest BCUT2D eigenvalue weighted by atomic mass is 10.1. The summed E-state index contributed by atoms with van der Waals surface area (Å²) in [5.74, 6) is 1.82. The molecule has 0 bridgehead atoms. The van der Waals surface area contributed by atoms with Gasteiger partial charge in [-0.15, -0.1) is 0 Å². The number of ether oxygens (including phenoxy) is 3. The van der Waals surface area contributed by atoms with Gasteiger partial charge in [-0.05, 0) is 25.5 Å². The Hall–Kier alpha value is -1.95. The van der Waals surface area contributed by atoms with E-state index >= 15 is 0 Å². The highest BCUT2D eigenvalue weighted by molar-refractivity contribution is 5.75. The second kappa shape index (κ2) is 9.07. The van der Waals surface area contributed by atoms with Crippen molar-refractivity contribution in [1.82, 2.24) is 5.32 Å². The smallest absolute Gasteiger partial charge is 0.220 e. The second-order valence-corrected chi connectivity index (χ2v) is 4.49. The molecule has 0 fully saturated rings. The van der Waals surface area contributed by atoms with Gasteiger partial charge >= 0.3 is 0 Å². The maximum atomic E-state index is 11.5. The van der Waals surface area contributed by atoms with Gasteiger partial charge in [0.2, 0.25) is 11.7 Å². The van der Waals surface area contributed by atoms with Crippen molar-refractivity contribution in [2.45, 2.75) is 19.3 Å². The average molecular weight is 296 g/mol. The number of amides is 1. The first-order valence-corrected chi connectivity index (χ1v) is 6.92. The van der Waals surface area contributed by atoms with Gasteiger partial charge in [0.25, 0.3) is 0 Å². The minimum atomic E-state index is 0.0138. The predicted octanol–water partition coefficient (Wildman–Crippen LogP) is 1.11. The van der Waals surface area contributed by atoms with Gasteiger partial charge in [0.15, 0.2) is 11.5 Å². The molecule has 6 heteroatoms. The van der Waals surface area contributed by atoms with Crippen LogP contribution in [0.5, 0.6) is 17.2 Å². The molecule has 1 rings (SSSR count). The lowest BCUT2D eigenvalue weighted by molar-refractivity contribution is -0.121. The van der Waals surface area contributed by atoms with Gasteiger partial charge < -0.3 is 25.3 Å². The standard InChI is InChI=1S/C15H24N2O4/c1-19-12-7-6-11(14(20-2)15(12)21-3)8-10-17-13(18)5-4-9-16/h6-7H,4-5,8-10,16H2,1-3H3,(H,17,18). The lowest BCUT2D eigenvalue weighted by Gasteiger charge is -2.15. The Balaban J connectivity index is 2.69. The molecular weight excluding hydrogens is 272 g/mol. The van der Waals surface area contributed by atoms with Crippen LogP contribution in [0.15, 0.2) is 12.1 Å². The van der Waals surface area contributed by atoms with E-state index in [9.17, 15) is 4.79 Å². The molecule has 0 heterocycles. The lowest BCUT2D eigenvalue weighted by Crippen LogP contribution is -2.26. The Morgan fingerprint density at radius 2 is 1.86 bits per heavy atom. The molecule has 6 nitrogen and oxygen atoms in total. The molecule has 1 aromatic carbocycles. The van der Waals surface area contributed by atoms with Gasteiger partial charge in [-0.3, -0.25) is 4.79 Å². The minimum Gasteiger partial charge on any atom is -0.493 e. The van der Waals surface area contributed by atoms with Crippen LogP contribution in [0.3, 0.4) is 0 Å². The molecular formula is C15H24N2O4. The van der Waals surface area contributed by atoms with Gasteiger partial charge in [0.05, 0.1) is 21.3 Å². The van der Waals surface area contributed by atoms with Crippen molar-refractivity contribution in [2.24, 2.45) is 5.73 Å². The summed E-state index contributed by atoms with van der Waals surface area (Å²) >= 11 is 0. The molecule has 0 radical (unpaired) electrons. The summed E-state index contributed by atoms with van der Waals surface area (Å²) in [5, 5.41) is 2.86. The fourth-order valence-corrected chi connectivity index (χ4v) is 2.05. The Morgan fingerprint density at radius 3 is 2.43 bits per heavy atom. The first kappa shape index (κ1) is 17.1. The van der Waals surface area contributed by atoms with Crippen molar-refractivity contribution >= 4 is 5.91 Å². The predicted molar refractivity (Wildman–Crippen MR) is 81.1 cm³/mol. The summed E-state index contributed by atoms with van der Waals surface area (Å²) in [6.07, 6.45) is 1.81. The molecule has 0 aliphatic rings. The minimum absolute atomic E-state index is 0.0138. The van der Waals surface area contributed by atoms with Crippen LogP contribution in [-0.2, 0) is 11.2 Å². The Morgan fingerprint density at radius 1 is 1.14 bits per heavy atom. The zero-order valence-electron chi connectivity index (χ0n) is 12.9. The summed E-state index contributed by atoms with van der Waals surface area (Å²) in [5.41, 5.74) is 6.32. The van der Waals surface area contributed by atoms with Gasteiger partial charge in [-0.25, -0.2) is 0 Å². The van der Waals surface area contributed by atoms with E-state index < -0.39 is 0 Å². The van der Waals surface area contributed by atoms with E-state index in [0.29, 0.717) is 49.6 Å². The van der Waals surface area contributed by atoms with Gasteiger partial charge in [-0.2, -0.15) is 0 Å². The molecule has 0 spiro atoms. The summed E-state index contributed by atoms with van der Waals surface area (Å²) in [6, 6.07) is 3.74. The number of nitrogens with two attached hydrogens (primary N) is 1. The third kappa shape index (κ3) is 4.82. The third-order valence-corrected chi connectivity index (χ3v) is 3.11. The van der Waals surface area contributed by atoms with Crippen LogP contribution >= 0.6 is 0 Å². The van der Waals surface area contributed by atoms with E-state index in [1.165, 1.54) is 0 Å². The van der Waals surface area contributed by atoms with Crippen molar-refractivity contribution in [3.63, 3.8) is 0 Å². The molecule has 0 unspecified atom stereocenters. The van der Waals surface area contributed by atoms with Crippen LogP contribution in [0.2, 0.25) is 0 Å².